The molecule has 0 unspecified atom stereocenters. The van der Waals surface area contributed by atoms with E-state index in [0.717, 1.165) is 31.5 Å². The molecule has 0 saturated heterocycles. The molecule has 7 nitrogen and oxygen atoms in total. The van der Waals surface area contributed by atoms with Gasteiger partial charge in [0.15, 0.2) is 6.61 Å². The number of hydrogen-bond donors (Lipinski definition) is 2. The van der Waals surface area contributed by atoms with Gasteiger partial charge < -0.3 is 20.3 Å². The topological polar surface area (TPSA) is 79.4 Å². The van der Waals surface area contributed by atoms with Crippen LogP contribution in [-0.2, 0) is 4.79 Å². The van der Waals surface area contributed by atoms with E-state index in [1.165, 1.54) is 0 Å². The van der Waals surface area contributed by atoms with Crippen LogP contribution in [0.4, 0.5) is 11.8 Å². The second kappa shape index (κ2) is 9.59. The maximum absolute atomic E-state index is 12.1. The zero-order chi connectivity index (χ0) is 19.9. The van der Waals surface area contributed by atoms with Crippen molar-refractivity contribution in [1.29, 1.82) is 0 Å². The number of aromatic nitrogens is 2. The van der Waals surface area contributed by atoms with Crippen molar-refractivity contribution in [1.82, 2.24) is 15.3 Å². The molecule has 8 heteroatoms. The van der Waals surface area contributed by atoms with Crippen LogP contribution in [0.15, 0.2) is 36.5 Å². The summed E-state index contributed by atoms with van der Waals surface area (Å²) in [6, 6.07) is 9.40. The molecule has 0 atom stereocenters. The van der Waals surface area contributed by atoms with Crippen molar-refractivity contribution in [3.8, 4) is 5.75 Å². The molecule has 0 bridgehead atoms. The van der Waals surface area contributed by atoms with Crippen LogP contribution in [0.25, 0.3) is 0 Å². The van der Waals surface area contributed by atoms with Gasteiger partial charge in [0.05, 0.1) is 0 Å². The molecule has 28 heavy (non-hydrogen) atoms. The van der Waals surface area contributed by atoms with Crippen LogP contribution >= 0.6 is 11.6 Å². The number of nitrogens with one attached hydrogen (secondary N) is 2. The summed E-state index contributed by atoms with van der Waals surface area (Å²) in [4.78, 5) is 22.9. The minimum absolute atomic E-state index is 0.0102. The van der Waals surface area contributed by atoms with E-state index in [4.69, 9.17) is 16.3 Å². The first kappa shape index (κ1) is 20.2. The minimum Gasteiger partial charge on any atom is -0.484 e. The second-order valence-corrected chi connectivity index (χ2v) is 7.58. The summed E-state index contributed by atoms with van der Waals surface area (Å²) >= 11 is 5.91. The van der Waals surface area contributed by atoms with Gasteiger partial charge in [0, 0.05) is 37.4 Å². The molecule has 1 fully saturated rings. The van der Waals surface area contributed by atoms with E-state index in [0.29, 0.717) is 22.8 Å². The van der Waals surface area contributed by atoms with Gasteiger partial charge in [0.25, 0.3) is 5.91 Å². The smallest absolute Gasteiger partial charge is 0.258 e. The average Bonchev–Trinajstić information content (AvgIpc) is 2.68. The van der Waals surface area contributed by atoms with Gasteiger partial charge in [0.1, 0.15) is 11.6 Å². The molecule has 1 heterocycles. The SMILES string of the molecule is CN(C)c1ccnc(NC2CCC(NC(=O)COc3cccc(Cl)c3)CC2)n1. The molecule has 1 aromatic carbocycles. The highest BCUT2D eigenvalue weighted by Gasteiger charge is 2.23. The fraction of sp³-hybridized carbons (Fsp3) is 0.450. The summed E-state index contributed by atoms with van der Waals surface area (Å²) < 4.78 is 5.49. The highest BCUT2D eigenvalue weighted by atomic mass is 35.5. The first-order valence-electron chi connectivity index (χ1n) is 9.44. The summed E-state index contributed by atoms with van der Waals surface area (Å²) in [7, 11) is 3.91. The van der Waals surface area contributed by atoms with E-state index in [2.05, 4.69) is 20.6 Å². The van der Waals surface area contributed by atoms with E-state index < -0.39 is 0 Å². The normalized spacial score (nSPS) is 19.0. The van der Waals surface area contributed by atoms with Crippen LogP contribution in [0.2, 0.25) is 5.02 Å². The number of carbonyl (C=O) groups excluding carboxylic acids is 1. The van der Waals surface area contributed by atoms with Crippen molar-refractivity contribution >= 4 is 29.3 Å². The summed E-state index contributed by atoms with van der Waals surface area (Å²) in [6.07, 6.45) is 5.49. The number of hydrogen-bond acceptors (Lipinski definition) is 6. The Labute approximate surface area is 170 Å². The molecular formula is C20H26ClN5O2. The first-order valence-corrected chi connectivity index (χ1v) is 9.82. The molecule has 150 valence electrons. The number of ether oxygens (including phenoxy) is 1. The monoisotopic (exact) mass is 403 g/mol. The van der Waals surface area contributed by atoms with Gasteiger partial charge in [-0.2, -0.15) is 4.98 Å². The first-order chi connectivity index (χ1) is 13.5. The third kappa shape index (κ3) is 5.99. The van der Waals surface area contributed by atoms with E-state index in [1.807, 2.05) is 25.1 Å². The Balaban J connectivity index is 1.40. The average molecular weight is 404 g/mol. The quantitative estimate of drug-likeness (QED) is 0.739. The third-order valence-electron chi connectivity index (χ3n) is 4.69. The summed E-state index contributed by atoms with van der Waals surface area (Å²) in [6.45, 7) is -0.0102. The molecule has 2 N–H and O–H groups in total. The van der Waals surface area contributed by atoms with Crippen LogP contribution in [0.1, 0.15) is 25.7 Å². The van der Waals surface area contributed by atoms with Gasteiger partial charge in [-0.3, -0.25) is 4.79 Å². The van der Waals surface area contributed by atoms with Crippen molar-refractivity contribution in [3.63, 3.8) is 0 Å². The molecule has 0 aliphatic heterocycles. The minimum atomic E-state index is -0.113. The van der Waals surface area contributed by atoms with Crippen LogP contribution in [-0.4, -0.2) is 48.7 Å². The Bertz CT molecular complexity index is 794. The van der Waals surface area contributed by atoms with Crippen LogP contribution < -0.4 is 20.3 Å². The number of amides is 1. The van der Waals surface area contributed by atoms with Crippen LogP contribution in [0.3, 0.4) is 0 Å². The lowest BCUT2D eigenvalue weighted by atomic mass is 9.91. The fourth-order valence-electron chi connectivity index (χ4n) is 3.21. The molecule has 1 aliphatic rings. The Morgan fingerprint density at radius 1 is 1.21 bits per heavy atom. The number of halogens is 1. The molecular weight excluding hydrogens is 378 g/mol. The standard InChI is InChI=1S/C20H26ClN5O2/c1-26(2)18-10-11-22-20(25-18)24-16-8-6-15(7-9-16)23-19(27)13-28-17-5-3-4-14(21)12-17/h3-5,10-12,15-16H,6-9,13H2,1-2H3,(H,23,27)(H,22,24,25). The maximum atomic E-state index is 12.1. The highest BCUT2D eigenvalue weighted by Crippen LogP contribution is 2.22. The zero-order valence-electron chi connectivity index (χ0n) is 16.2. The summed E-state index contributed by atoms with van der Waals surface area (Å²) in [5.74, 6) is 2.00. The lowest BCUT2D eigenvalue weighted by Gasteiger charge is -2.29. The summed E-state index contributed by atoms with van der Waals surface area (Å²) in [5.41, 5.74) is 0. The molecule has 1 aliphatic carbocycles. The van der Waals surface area contributed by atoms with Gasteiger partial charge in [-0.1, -0.05) is 17.7 Å². The van der Waals surface area contributed by atoms with Crippen molar-refractivity contribution in [2.45, 2.75) is 37.8 Å². The molecule has 3 rings (SSSR count). The van der Waals surface area contributed by atoms with Crippen molar-refractivity contribution in [3.05, 3.63) is 41.6 Å². The molecule has 2 aromatic rings. The Morgan fingerprint density at radius 2 is 1.96 bits per heavy atom. The van der Waals surface area contributed by atoms with E-state index in [9.17, 15) is 4.79 Å². The van der Waals surface area contributed by atoms with E-state index in [-0.39, 0.29) is 18.6 Å². The van der Waals surface area contributed by atoms with Crippen LogP contribution in [0.5, 0.6) is 5.75 Å². The van der Waals surface area contributed by atoms with Crippen molar-refractivity contribution < 1.29 is 9.53 Å². The Morgan fingerprint density at radius 3 is 2.68 bits per heavy atom. The molecule has 0 spiro atoms. The molecule has 1 saturated carbocycles. The molecule has 0 radical (unpaired) electrons. The highest BCUT2D eigenvalue weighted by molar-refractivity contribution is 6.30. The number of anilines is 2. The van der Waals surface area contributed by atoms with Gasteiger partial charge in [-0.15, -0.1) is 0 Å². The Kier molecular flexibility index (Phi) is 6.92. The van der Waals surface area contributed by atoms with E-state index >= 15 is 0 Å². The molecule has 1 amide bonds. The van der Waals surface area contributed by atoms with E-state index in [1.54, 1.807) is 30.5 Å². The number of carbonyl (C=O) groups is 1. The predicted molar refractivity (Wildman–Crippen MR) is 111 cm³/mol. The molecule has 1 aromatic heterocycles. The zero-order valence-corrected chi connectivity index (χ0v) is 16.9. The van der Waals surface area contributed by atoms with Crippen LogP contribution in [0, 0.1) is 0 Å². The van der Waals surface area contributed by atoms with Gasteiger partial charge in [-0.25, -0.2) is 4.98 Å². The lowest BCUT2D eigenvalue weighted by Crippen LogP contribution is -2.42. The van der Waals surface area contributed by atoms with Crippen molar-refractivity contribution in [2.24, 2.45) is 0 Å². The van der Waals surface area contributed by atoms with Crippen molar-refractivity contribution in [2.75, 3.05) is 30.9 Å². The summed E-state index contributed by atoms with van der Waals surface area (Å²) in [5, 5.41) is 7.04. The fourth-order valence-corrected chi connectivity index (χ4v) is 3.39. The second-order valence-electron chi connectivity index (χ2n) is 7.14. The lowest BCUT2D eigenvalue weighted by molar-refractivity contribution is -0.124. The van der Waals surface area contributed by atoms with Gasteiger partial charge >= 0.3 is 0 Å². The van der Waals surface area contributed by atoms with Gasteiger partial charge in [-0.05, 0) is 49.9 Å². The third-order valence-corrected chi connectivity index (χ3v) is 4.93. The van der Waals surface area contributed by atoms with Gasteiger partial charge in [0.2, 0.25) is 5.95 Å². The predicted octanol–water partition coefficient (Wildman–Crippen LogP) is 3.11. The number of rotatable bonds is 7. The number of nitrogens with zero attached hydrogens (tertiary/aromatic N) is 3. The maximum Gasteiger partial charge on any atom is 0.258 e. The number of benzene rings is 1. The Hall–Kier alpha value is -2.54. The largest absolute Gasteiger partial charge is 0.484 e.